The number of hydrogen-bond acceptors (Lipinski definition) is 2. The summed E-state index contributed by atoms with van der Waals surface area (Å²) in [4.78, 5) is 2.27. The summed E-state index contributed by atoms with van der Waals surface area (Å²) in [5.41, 5.74) is 0. The van der Waals surface area contributed by atoms with Crippen LogP contribution in [0.1, 0.15) is 122 Å². The second-order valence-corrected chi connectivity index (χ2v) is 8.56. The van der Waals surface area contributed by atoms with Crippen molar-refractivity contribution in [1.82, 2.24) is 10.2 Å². The average molecular weight is 369 g/mol. The topological polar surface area (TPSA) is 15.3 Å². The molecule has 0 aromatic heterocycles. The van der Waals surface area contributed by atoms with Gasteiger partial charge in [0, 0.05) is 0 Å². The maximum absolute atomic E-state index is 3.59. The van der Waals surface area contributed by atoms with Crippen molar-refractivity contribution in [2.45, 2.75) is 122 Å². The van der Waals surface area contributed by atoms with E-state index in [9.17, 15) is 0 Å². The summed E-state index contributed by atoms with van der Waals surface area (Å²) in [7, 11) is 4.31. The van der Waals surface area contributed by atoms with E-state index < -0.39 is 0 Å². The lowest BCUT2D eigenvalue weighted by Crippen LogP contribution is -2.19. The molecule has 158 valence electrons. The molecule has 0 aliphatic heterocycles. The number of nitrogens with one attached hydrogen (secondary N) is 1. The third-order valence-corrected chi connectivity index (χ3v) is 5.42. The zero-order chi connectivity index (χ0) is 19.1. The van der Waals surface area contributed by atoms with Crippen molar-refractivity contribution < 1.29 is 0 Å². The Bertz CT molecular complexity index is 240. The summed E-state index contributed by atoms with van der Waals surface area (Å²) in [6.45, 7) is 5.94. The van der Waals surface area contributed by atoms with Gasteiger partial charge in [-0.1, -0.05) is 103 Å². The van der Waals surface area contributed by atoms with Gasteiger partial charge in [-0.3, -0.25) is 0 Å². The first-order valence-corrected chi connectivity index (χ1v) is 12.1. The molecule has 0 aromatic rings. The Morgan fingerprint density at radius 1 is 0.462 bits per heavy atom. The molecule has 0 saturated heterocycles. The van der Waals surface area contributed by atoms with E-state index in [4.69, 9.17) is 0 Å². The van der Waals surface area contributed by atoms with Crippen molar-refractivity contribution in [3.63, 3.8) is 0 Å². The minimum absolute atomic E-state index is 1.20. The Balaban J connectivity index is 2.97. The summed E-state index contributed by atoms with van der Waals surface area (Å²) in [6.07, 6.45) is 25.9. The summed E-state index contributed by atoms with van der Waals surface area (Å²) >= 11 is 0. The SMILES string of the molecule is CCCCCCCCCCCCCCCCCCNCCCCN(C)C. The predicted molar refractivity (Wildman–Crippen MR) is 120 cm³/mol. The van der Waals surface area contributed by atoms with Crippen LogP contribution in [0, 0.1) is 0 Å². The summed E-state index contributed by atoms with van der Waals surface area (Å²) in [5, 5.41) is 3.59. The molecular formula is C24H52N2. The molecule has 0 aromatic carbocycles. The van der Waals surface area contributed by atoms with Gasteiger partial charge < -0.3 is 10.2 Å². The molecule has 0 radical (unpaired) electrons. The molecule has 0 saturated carbocycles. The van der Waals surface area contributed by atoms with Crippen molar-refractivity contribution in [1.29, 1.82) is 0 Å². The molecular weight excluding hydrogens is 316 g/mol. The molecule has 0 amide bonds. The van der Waals surface area contributed by atoms with Gasteiger partial charge in [0.25, 0.3) is 0 Å². The lowest BCUT2D eigenvalue weighted by atomic mass is 10.0. The first-order chi connectivity index (χ1) is 12.8. The van der Waals surface area contributed by atoms with Crippen LogP contribution in [0.2, 0.25) is 0 Å². The van der Waals surface area contributed by atoms with Crippen LogP contribution in [0.3, 0.4) is 0 Å². The first-order valence-electron chi connectivity index (χ1n) is 12.1. The zero-order valence-corrected chi connectivity index (χ0v) is 18.8. The van der Waals surface area contributed by atoms with Crippen molar-refractivity contribution >= 4 is 0 Å². The summed E-state index contributed by atoms with van der Waals surface area (Å²) in [6, 6.07) is 0. The van der Waals surface area contributed by atoms with Crippen molar-refractivity contribution in [2.75, 3.05) is 33.7 Å². The largest absolute Gasteiger partial charge is 0.317 e. The summed E-state index contributed by atoms with van der Waals surface area (Å²) < 4.78 is 0. The highest BCUT2D eigenvalue weighted by atomic mass is 15.0. The highest BCUT2D eigenvalue weighted by Crippen LogP contribution is 2.13. The first kappa shape index (κ1) is 25.9. The third-order valence-electron chi connectivity index (χ3n) is 5.42. The van der Waals surface area contributed by atoms with Crippen LogP contribution in [0.4, 0.5) is 0 Å². The fourth-order valence-electron chi connectivity index (χ4n) is 3.60. The molecule has 0 spiro atoms. The minimum Gasteiger partial charge on any atom is -0.317 e. The van der Waals surface area contributed by atoms with Gasteiger partial charge in [0.15, 0.2) is 0 Å². The van der Waals surface area contributed by atoms with Crippen LogP contribution in [-0.4, -0.2) is 38.6 Å². The Hall–Kier alpha value is -0.0800. The van der Waals surface area contributed by atoms with Gasteiger partial charge in [0.1, 0.15) is 0 Å². The molecule has 0 unspecified atom stereocenters. The molecule has 0 atom stereocenters. The van der Waals surface area contributed by atoms with Gasteiger partial charge in [0.05, 0.1) is 0 Å². The molecule has 2 heteroatoms. The van der Waals surface area contributed by atoms with Crippen molar-refractivity contribution in [2.24, 2.45) is 0 Å². The molecule has 0 aliphatic carbocycles. The van der Waals surface area contributed by atoms with Gasteiger partial charge in [-0.15, -0.1) is 0 Å². The quantitative estimate of drug-likeness (QED) is 0.204. The van der Waals surface area contributed by atoms with Crippen molar-refractivity contribution in [3.05, 3.63) is 0 Å². The van der Waals surface area contributed by atoms with Crippen LogP contribution < -0.4 is 5.32 Å². The van der Waals surface area contributed by atoms with E-state index in [1.807, 2.05) is 0 Å². The van der Waals surface area contributed by atoms with Crippen LogP contribution in [0.15, 0.2) is 0 Å². The Morgan fingerprint density at radius 3 is 1.19 bits per heavy atom. The minimum atomic E-state index is 1.20. The normalized spacial score (nSPS) is 11.5. The highest BCUT2D eigenvalue weighted by Gasteiger charge is 1.95. The van der Waals surface area contributed by atoms with E-state index in [-0.39, 0.29) is 0 Å². The average Bonchev–Trinajstić information content (AvgIpc) is 2.62. The lowest BCUT2D eigenvalue weighted by Gasteiger charge is -2.09. The second kappa shape index (κ2) is 23.0. The van der Waals surface area contributed by atoms with Crippen LogP contribution in [-0.2, 0) is 0 Å². The lowest BCUT2D eigenvalue weighted by molar-refractivity contribution is 0.391. The van der Waals surface area contributed by atoms with Gasteiger partial charge in [-0.25, -0.2) is 0 Å². The van der Waals surface area contributed by atoms with Gasteiger partial charge in [-0.2, -0.15) is 0 Å². The van der Waals surface area contributed by atoms with Crippen LogP contribution >= 0.6 is 0 Å². The maximum atomic E-state index is 3.59. The Labute approximate surface area is 166 Å². The number of nitrogens with zero attached hydrogens (tertiary/aromatic N) is 1. The molecule has 0 bridgehead atoms. The predicted octanol–water partition coefficient (Wildman–Crippen LogP) is 7.18. The fourth-order valence-corrected chi connectivity index (χ4v) is 3.60. The Kier molecular flexibility index (Phi) is 22.9. The molecule has 26 heavy (non-hydrogen) atoms. The fraction of sp³-hybridized carbons (Fsp3) is 1.00. The van der Waals surface area contributed by atoms with Gasteiger partial charge in [0.2, 0.25) is 0 Å². The van der Waals surface area contributed by atoms with E-state index in [0.717, 1.165) is 0 Å². The van der Waals surface area contributed by atoms with Gasteiger partial charge >= 0.3 is 0 Å². The maximum Gasteiger partial charge on any atom is -0.00244 e. The highest BCUT2D eigenvalue weighted by molar-refractivity contribution is 4.53. The van der Waals surface area contributed by atoms with E-state index in [1.165, 1.54) is 135 Å². The molecule has 0 aliphatic rings. The molecule has 0 heterocycles. The molecule has 0 rings (SSSR count). The van der Waals surface area contributed by atoms with Crippen LogP contribution in [0.5, 0.6) is 0 Å². The number of unbranched alkanes of at least 4 members (excludes halogenated alkanes) is 16. The summed E-state index contributed by atoms with van der Waals surface area (Å²) in [5.74, 6) is 0. The second-order valence-electron chi connectivity index (χ2n) is 8.56. The molecule has 0 fully saturated rings. The third kappa shape index (κ3) is 23.9. The van der Waals surface area contributed by atoms with Gasteiger partial charge in [-0.05, 0) is 53.0 Å². The van der Waals surface area contributed by atoms with E-state index >= 15 is 0 Å². The molecule has 2 nitrogen and oxygen atoms in total. The van der Waals surface area contributed by atoms with E-state index in [2.05, 4.69) is 31.2 Å². The number of rotatable bonds is 22. The van der Waals surface area contributed by atoms with Crippen LogP contribution in [0.25, 0.3) is 0 Å². The standard InChI is InChI=1S/C24H52N2/c1-4-5-6-7-8-9-10-11-12-13-14-15-16-17-18-19-22-25-23-20-21-24-26(2)3/h25H,4-24H2,1-3H3. The van der Waals surface area contributed by atoms with E-state index in [0.29, 0.717) is 0 Å². The number of hydrogen-bond donors (Lipinski definition) is 1. The molecule has 1 N–H and O–H groups in total. The van der Waals surface area contributed by atoms with Crippen molar-refractivity contribution in [3.8, 4) is 0 Å². The van der Waals surface area contributed by atoms with E-state index in [1.54, 1.807) is 0 Å². The zero-order valence-electron chi connectivity index (χ0n) is 18.8. The smallest absolute Gasteiger partial charge is 0.00244 e. The Morgan fingerprint density at radius 2 is 0.808 bits per heavy atom. The monoisotopic (exact) mass is 368 g/mol.